The quantitative estimate of drug-likeness (QED) is 0.851. The molecule has 1 saturated heterocycles. The highest BCUT2D eigenvalue weighted by Crippen LogP contribution is 2.33. The number of alkyl halides is 3. The molecule has 1 aliphatic rings. The standard InChI is InChI=1S/C10H9ClF3N3O/c11-7-3-6(10(12,13)14)4-16-9(7)17-2-1-15-8(18)5-17/h3-4H,1-2,5H2,(H,15,18). The second-order valence-corrected chi connectivity index (χ2v) is 4.21. The van der Waals surface area contributed by atoms with Crippen molar-refractivity contribution < 1.29 is 18.0 Å². The average molecular weight is 280 g/mol. The van der Waals surface area contributed by atoms with Crippen LogP contribution in [0.1, 0.15) is 5.56 Å². The van der Waals surface area contributed by atoms with E-state index in [9.17, 15) is 18.0 Å². The van der Waals surface area contributed by atoms with Crippen LogP contribution in [-0.2, 0) is 11.0 Å². The van der Waals surface area contributed by atoms with Crippen LogP contribution >= 0.6 is 11.6 Å². The number of hydrogen-bond donors (Lipinski definition) is 1. The zero-order valence-electron chi connectivity index (χ0n) is 9.09. The van der Waals surface area contributed by atoms with E-state index < -0.39 is 11.7 Å². The number of pyridine rings is 1. The fraction of sp³-hybridized carbons (Fsp3) is 0.400. The van der Waals surface area contributed by atoms with Gasteiger partial charge in [0.05, 0.1) is 17.1 Å². The van der Waals surface area contributed by atoms with Crippen LogP contribution in [0.25, 0.3) is 0 Å². The molecule has 4 nitrogen and oxygen atoms in total. The Bertz CT molecular complexity index is 478. The minimum Gasteiger partial charge on any atom is -0.353 e. The molecule has 0 unspecified atom stereocenters. The Kier molecular flexibility index (Phi) is 3.34. The van der Waals surface area contributed by atoms with E-state index in [-0.39, 0.29) is 23.3 Å². The van der Waals surface area contributed by atoms with Gasteiger partial charge in [-0.15, -0.1) is 0 Å². The molecule has 2 heterocycles. The van der Waals surface area contributed by atoms with Gasteiger partial charge in [-0.25, -0.2) is 4.98 Å². The summed E-state index contributed by atoms with van der Waals surface area (Å²) in [6, 6.07) is 0.816. The van der Waals surface area contributed by atoms with Gasteiger partial charge >= 0.3 is 6.18 Å². The number of anilines is 1. The number of aromatic nitrogens is 1. The lowest BCUT2D eigenvalue weighted by Crippen LogP contribution is -2.48. The molecule has 0 saturated carbocycles. The number of rotatable bonds is 1. The molecule has 1 aromatic heterocycles. The predicted octanol–water partition coefficient (Wildman–Crippen LogP) is 1.69. The molecule has 0 bridgehead atoms. The van der Waals surface area contributed by atoms with Crippen molar-refractivity contribution in [2.75, 3.05) is 24.5 Å². The van der Waals surface area contributed by atoms with Gasteiger partial charge in [0.2, 0.25) is 5.91 Å². The summed E-state index contributed by atoms with van der Waals surface area (Å²) >= 11 is 5.78. The Morgan fingerprint density at radius 2 is 2.17 bits per heavy atom. The highest BCUT2D eigenvalue weighted by atomic mass is 35.5. The molecule has 1 aliphatic heterocycles. The monoisotopic (exact) mass is 279 g/mol. The Labute approximate surface area is 106 Å². The van der Waals surface area contributed by atoms with Crippen LogP contribution in [0.2, 0.25) is 5.02 Å². The molecule has 98 valence electrons. The fourth-order valence-corrected chi connectivity index (χ4v) is 1.92. The van der Waals surface area contributed by atoms with Crippen LogP contribution in [0.4, 0.5) is 19.0 Å². The summed E-state index contributed by atoms with van der Waals surface area (Å²) in [6.45, 7) is 0.916. The van der Waals surface area contributed by atoms with E-state index in [1.807, 2.05) is 0 Å². The maximum atomic E-state index is 12.4. The molecule has 0 radical (unpaired) electrons. The van der Waals surface area contributed by atoms with E-state index in [0.29, 0.717) is 19.3 Å². The molecule has 1 amide bonds. The molecule has 1 aromatic rings. The minimum absolute atomic E-state index is 0.0398. The van der Waals surface area contributed by atoms with E-state index in [2.05, 4.69) is 10.3 Å². The van der Waals surface area contributed by atoms with Crippen molar-refractivity contribution in [2.45, 2.75) is 6.18 Å². The van der Waals surface area contributed by atoms with Crippen molar-refractivity contribution >= 4 is 23.3 Å². The van der Waals surface area contributed by atoms with Crippen molar-refractivity contribution in [2.24, 2.45) is 0 Å². The third kappa shape index (κ3) is 2.66. The molecule has 0 spiro atoms. The normalized spacial score (nSPS) is 16.7. The highest BCUT2D eigenvalue weighted by molar-refractivity contribution is 6.33. The van der Waals surface area contributed by atoms with Gasteiger partial charge in [0.1, 0.15) is 5.82 Å². The van der Waals surface area contributed by atoms with E-state index in [4.69, 9.17) is 11.6 Å². The van der Waals surface area contributed by atoms with Gasteiger partial charge in [0.25, 0.3) is 0 Å². The van der Waals surface area contributed by atoms with Crippen LogP contribution in [0.5, 0.6) is 0 Å². The number of carbonyl (C=O) groups is 1. The summed E-state index contributed by atoms with van der Waals surface area (Å²) in [5.41, 5.74) is -0.905. The van der Waals surface area contributed by atoms with Crippen LogP contribution in [0.3, 0.4) is 0 Å². The van der Waals surface area contributed by atoms with Gasteiger partial charge in [-0.3, -0.25) is 4.79 Å². The Morgan fingerprint density at radius 3 is 2.72 bits per heavy atom. The highest BCUT2D eigenvalue weighted by Gasteiger charge is 2.32. The predicted molar refractivity (Wildman–Crippen MR) is 59.5 cm³/mol. The zero-order valence-corrected chi connectivity index (χ0v) is 9.85. The molecule has 0 aliphatic carbocycles. The number of nitrogens with zero attached hydrogens (tertiary/aromatic N) is 2. The average Bonchev–Trinajstić information content (AvgIpc) is 2.27. The second kappa shape index (κ2) is 4.64. The zero-order chi connectivity index (χ0) is 13.3. The van der Waals surface area contributed by atoms with Crippen LogP contribution in [-0.4, -0.2) is 30.5 Å². The third-order valence-corrected chi connectivity index (χ3v) is 2.77. The first kappa shape index (κ1) is 12.9. The van der Waals surface area contributed by atoms with E-state index in [1.54, 1.807) is 4.90 Å². The minimum atomic E-state index is -4.48. The Balaban J connectivity index is 2.27. The molecule has 2 rings (SSSR count). The number of carbonyl (C=O) groups excluding carboxylic acids is 1. The summed E-state index contributed by atoms with van der Waals surface area (Å²) in [6.07, 6.45) is -3.76. The summed E-state index contributed by atoms with van der Waals surface area (Å²) in [5.74, 6) is -0.0152. The molecule has 1 fully saturated rings. The number of amides is 1. The Hall–Kier alpha value is -1.50. The van der Waals surface area contributed by atoms with Crippen molar-refractivity contribution in [1.29, 1.82) is 0 Å². The van der Waals surface area contributed by atoms with Gasteiger partial charge < -0.3 is 10.2 Å². The second-order valence-electron chi connectivity index (χ2n) is 3.80. The fourth-order valence-electron chi connectivity index (χ4n) is 1.64. The van der Waals surface area contributed by atoms with Crippen molar-refractivity contribution in [1.82, 2.24) is 10.3 Å². The van der Waals surface area contributed by atoms with Crippen molar-refractivity contribution in [3.05, 3.63) is 22.8 Å². The van der Waals surface area contributed by atoms with E-state index in [0.717, 1.165) is 6.07 Å². The maximum Gasteiger partial charge on any atom is 0.417 e. The number of piperazine rings is 1. The summed E-state index contributed by atoms with van der Waals surface area (Å²) in [7, 11) is 0. The maximum absolute atomic E-state index is 12.4. The third-order valence-electron chi connectivity index (χ3n) is 2.49. The molecule has 1 N–H and O–H groups in total. The van der Waals surface area contributed by atoms with Gasteiger partial charge in [-0.05, 0) is 6.07 Å². The first-order chi connectivity index (χ1) is 8.38. The lowest BCUT2D eigenvalue weighted by Gasteiger charge is -2.28. The van der Waals surface area contributed by atoms with Gasteiger partial charge in [-0.1, -0.05) is 11.6 Å². The number of halogens is 4. The smallest absolute Gasteiger partial charge is 0.353 e. The van der Waals surface area contributed by atoms with Gasteiger partial charge in [-0.2, -0.15) is 13.2 Å². The van der Waals surface area contributed by atoms with Gasteiger partial charge in [0.15, 0.2) is 0 Å². The first-order valence-electron chi connectivity index (χ1n) is 5.12. The molecule has 18 heavy (non-hydrogen) atoms. The molecule has 0 atom stereocenters. The SMILES string of the molecule is O=C1CN(c2ncc(C(F)(F)F)cc2Cl)CCN1. The molecular weight excluding hydrogens is 271 g/mol. The number of hydrogen-bond acceptors (Lipinski definition) is 3. The Morgan fingerprint density at radius 1 is 1.44 bits per heavy atom. The van der Waals surface area contributed by atoms with Crippen molar-refractivity contribution in [3.8, 4) is 0 Å². The van der Waals surface area contributed by atoms with Crippen LogP contribution in [0, 0.1) is 0 Å². The largest absolute Gasteiger partial charge is 0.417 e. The number of nitrogens with one attached hydrogen (secondary N) is 1. The molecule has 0 aromatic carbocycles. The molecule has 8 heteroatoms. The lowest BCUT2D eigenvalue weighted by molar-refractivity contribution is -0.137. The summed E-state index contributed by atoms with van der Waals surface area (Å²) in [4.78, 5) is 16.4. The van der Waals surface area contributed by atoms with Crippen LogP contribution in [0.15, 0.2) is 12.3 Å². The van der Waals surface area contributed by atoms with Crippen molar-refractivity contribution in [3.63, 3.8) is 0 Å². The van der Waals surface area contributed by atoms with E-state index >= 15 is 0 Å². The summed E-state index contributed by atoms with van der Waals surface area (Å²) in [5, 5.41) is 2.49. The van der Waals surface area contributed by atoms with E-state index in [1.165, 1.54) is 0 Å². The molecular formula is C10H9ClF3N3O. The topological polar surface area (TPSA) is 45.2 Å². The first-order valence-corrected chi connectivity index (χ1v) is 5.50. The van der Waals surface area contributed by atoms with Gasteiger partial charge in [0, 0.05) is 19.3 Å². The van der Waals surface area contributed by atoms with Crippen LogP contribution < -0.4 is 10.2 Å². The lowest BCUT2D eigenvalue weighted by atomic mass is 10.2. The summed E-state index contributed by atoms with van der Waals surface area (Å²) < 4.78 is 37.3.